The van der Waals surface area contributed by atoms with E-state index in [2.05, 4.69) is 32.2 Å². The minimum atomic E-state index is -0.582. The van der Waals surface area contributed by atoms with Crippen LogP contribution < -0.4 is 25.0 Å². The van der Waals surface area contributed by atoms with Gasteiger partial charge >= 0.3 is 6.01 Å². The number of carbonyl (C=O) groups is 1. The molecule has 0 radical (unpaired) electrons. The molecule has 2 aromatic carbocycles. The molecule has 10 nitrogen and oxygen atoms in total. The van der Waals surface area contributed by atoms with Gasteiger partial charge in [0.2, 0.25) is 11.9 Å². The molecule has 5 rings (SSSR count). The maximum Gasteiger partial charge on any atom is 0.322 e. The molecule has 0 bridgehead atoms. The number of aromatic nitrogens is 4. The highest BCUT2D eigenvalue weighted by Gasteiger charge is 2.31. The Labute approximate surface area is 224 Å². The smallest absolute Gasteiger partial charge is 0.322 e. The van der Waals surface area contributed by atoms with Crippen LogP contribution in [0.5, 0.6) is 17.5 Å². The lowest BCUT2D eigenvalue weighted by Crippen LogP contribution is -2.59. The van der Waals surface area contributed by atoms with Crippen molar-refractivity contribution in [2.24, 2.45) is 0 Å². The monoisotopic (exact) mass is 527 g/mol. The second-order valence-electron chi connectivity index (χ2n) is 8.83. The summed E-state index contributed by atoms with van der Waals surface area (Å²) in [4.78, 5) is 31.1. The first-order valence-corrected chi connectivity index (χ1v) is 12.2. The second kappa shape index (κ2) is 11.1. The van der Waals surface area contributed by atoms with Crippen molar-refractivity contribution in [3.05, 3.63) is 85.1 Å². The van der Waals surface area contributed by atoms with Crippen molar-refractivity contribution >= 4 is 23.4 Å². The van der Waals surface area contributed by atoms with Gasteiger partial charge in [-0.05, 0) is 48.9 Å². The lowest BCUT2D eigenvalue weighted by molar-refractivity contribution is -0.117. The van der Waals surface area contributed by atoms with Crippen molar-refractivity contribution < 1.29 is 18.7 Å². The number of aryl methyl sites for hydroxylation is 1. The maximum absolute atomic E-state index is 15.1. The second-order valence-corrected chi connectivity index (χ2v) is 8.83. The van der Waals surface area contributed by atoms with E-state index < -0.39 is 5.82 Å². The van der Waals surface area contributed by atoms with E-state index in [1.165, 1.54) is 18.2 Å². The summed E-state index contributed by atoms with van der Waals surface area (Å²) in [7, 11) is 1.59. The van der Waals surface area contributed by atoms with Crippen LogP contribution >= 0.6 is 0 Å². The van der Waals surface area contributed by atoms with Gasteiger partial charge in [0.05, 0.1) is 13.2 Å². The molecule has 0 aliphatic carbocycles. The van der Waals surface area contributed by atoms with E-state index in [1.54, 1.807) is 38.6 Å². The molecule has 2 N–H and O–H groups in total. The number of rotatable bonds is 9. The Kier molecular flexibility index (Phi) is 7.30. The van der Waals surface area contributed by atoms with Gasteiger partial charge in [-0.3, -0.25) is 4.79 Å². The Morgan fingerprint density at radius 3 is 2.74 bits per heavy atom. The molecule has 1 fully saturated rings. The third-order valence-electron chi connectivity index (χ3n) is 6.02. The Morgan fingerprint density at radius 2 is 2.00 bits per heavy atom. The molecule has 1 aliphatic rings. The Balaban J connectivity index is 1.43. The summed E-state index contributed by atoms with van der Waals surface area (Å²) in [5, 5.41) is 6.06. The summed E-state index contributed by atoms with van der Waals surface area (Å²) in [5.74, 6) is 0.820. The average molecular weight is 528 g/mol. The first-order valence-electron chi connectivity index (χ1n) is 12.2. The Morgan fingerprint density at radius 1 is 1.15 bits per heavy atom. The summed E-state index contributed by atoms with van der Waals surface area (Å²) in [6, 6.07) is 13.7. The van der Waals surface area contributed by atoms with Crippen molar-refractivity contribution in [1.82, 2.24) is 25.3 Å². The standard InChI is InChI=1S/C28H26FN7O3/c1-4-25(37)33-20-15-36(16-20)26-22(14-31-27(35-26)34-19-6-5-7-21(13-19)38-3)18-8-9-24(23(29)12-18)39-28-30-11-10-17(2)32-28/h4-14,20H,1,15-16H2,2-3H3,(H,33,37)(H,31,34,35). The number of ether oxygens (including phenoxy) is 2. The first kappa shape index (κ1) is 25.6. The predicted octanol–water partition coefficient (Wildman–Crippen LogP) is 4.42. The molecule has 0 saturated carbocycles. The van der Waals surface area contributed by atoms with Gasteiger partial charge in [0.15, 0.2) is 11.6 Å². The van der Waals surface area contributed by atoms with E-state index in [4.69, 9.17) is 14.5 Å². The van der Waals surface area contributed by atoms with Crippen LogP contribution in [0.1, 0.15) is 5.69 Å². The van der Waals surface area contributed by atoms with Gasteiger partial charge in [-0.25, -0.2) is 19.3 Å². The zero-order valence-electron chi connectivity index (χ0n) is 21.4. The quantitative estimate of drug-likeness (QED) is 0.305. The van der Waals surface area contributed by atoms with Crippen molar-refractivity contribution in [3.8, 4) is 28.6 Å². The molecule has 2 aromatic heterocycles. The molecule has 3 heterocycles. The zero-order chi connectivity index (χ0) is 27.4. The third kappa shape index (κ3) is 5.93. The summed E-state index contributed by atoms with van der Waals surface area (Å²) < 4.78 is 26.0. The van der Waals surface area contributed by atoms with Crippen molar-refractivity contribution in [2.75, 3.05) is 30.4 Å². The minimum absolute atomic E-state index is 0.000665. The number of halogens is 1. The van der Waals surface area contributed by atoms with Gasteiger partial charge in [0.25, 0.3) is 0 Å². The van der Waals surface area contributed by atoms with Crippen LogP contribution in [0, 0.1) is 12.7 Å². The SMILES string of the molecule is C=CC(=O)NC1CN(c2nc(Nc3cccc(OC)c3)ncc2-c2ccc(Oc3nccc(C)n3)c(F)c2)C1. The van der Waals surface area contributed by atoms with Crippen molar-refractivity contribution in [1.29, 1.82) is 0 Å². The fourth-order valence-electron chi connectivity index (χ4n) is 4.04. The van der Waals surface area contributed by atoms with Crippen LogP contribution in [0.15, 0.2) is 73.6 Å². The summed E-state index contributed by atoms with van der Waals surface area (Å²) >= 11 is 0. The molecular formula is C28H26FN7O3. The molecule has 0 unspecified atom stereocenters. The van der Waals surface area contributed by atoms with Crippen molar-refractivity contribution in [3.63, 3.8) is 0 Å². The van der Waals surface area contributed by atoms with Gasteiger partial charge < -0.3 is 25.0 Å². The van der Waals surface area contributed by atoms with E-state index in [-0.39, 0.29) is 23.7 Å². The molecule has 0 spiro atoms. The normalized spacial score (nSPS) is 12.8. The molecule has 11 heteroatoms. The lowest BCUT2D eigenvalue weighted by Gasteiger charge is -2.41. The number of amides is 1. The number of nitrogens with one attached hydrogen (secondary N) is 2. The number of hydrogen-bond acceptors (Lipinski definition) is 9. The van der Waals surface area contributed by atoms with Crippen LogP contribution in [0.2, 0.25) is 0 Å². The van der Waals surface area contributed by atoms with E-state index in [0.717, 1.165) is 5.69 Å². The van der Waals surface area contributed by atoms with Crippen LogP contribution in [0.4, 0.5) is 21.8 Å². The summed E-state index contributed by atoms with van der Waals surface area (Å²) in [6.07, 6.45) is 4.43. The fraction of sp³-hybridized carbons (Fsp3) is 0.179. The average Bonchev–Trinajstić information content (AvgIpc) is 2.91. The highest BCUT2D eigenvalue weighted by Crippen LogP contribution is 2.35. The molecule has 0 atom stereocenters. The van der Waals surface area contributed by atoms with E-state index >= 15 is 4.39 Å². The van der Waals surface area contributed by atoms with Crippen LogP contribution in [-0.4, -0.2) is 52.1 Å². The van der Waals surface area contributed by atoms with E-state index in [9.17, 15) is 4.79 Å². The lowest BCUT2D eigenvalue weighted by atomic mass is 10.0. The summed E-state index contributed by atoms with van der Waals surface area (Å²) in [5.41, 5.74) is 2.64. The largest absolute Gasteiger partial charge is 0.497 e. The van der Waals surface area contributed by atoms with Gasteiger partial charge in [-0.1, -0.05) is 18.7 Å². The molecule has 39 heavy (non-hydrogen) atoms. The third-order valence-corrected chi connectivity index (χ3v) is 6.02. The van der Waals surface area contributed by atoms with E-state index in [0.29, 0.717) is 47.4 Å². The summed E-state index contributed by atoms with van der Waals surface area (Å²) in [6.45, 7) is 6.34. The number of anilines is 3. The topological polar surface area (TPSA) is 114 Å². The molecular weight excluding hydrogens is 501 g/mol. The maximum atomic E-state index is 15.1. The first-order chi connectivity index (χ1) is 18.9. The van der Waals surface area contributed by atoms with Crippen LogP contribution in [-0.2, 0) is 4.79 Å². The van der Waals surface area contributed by atoms with Crippen molar-refractivity contribution in [2.45, 2.75) is 13.0 Å². The zero-order valence-corrected chi connectivity index (χ0v) is 21.4. The number of methoxy groups -OCH3 is 1. The molecule has 1 saturated heterocycles. The number of nitrogens with zero attached hydrogens (tertiary/aromatic N) is 5. The Bertz CT molecular complexity index is 1530. The predicted molar refractivity (Wildman–Crippen MR) is 145 cm³/mol. The van der Waals surface area contributed by atoms with Gasteiger partial charge in [0.1, 0.15) is 11.6 Å². The van der Waals surface area contributed by atoms with Gasteiger partial charge in [0, 0.05) is 48.5 Å². The molecule has 1 aliphatic heterocycles. The highest BCUT2D eigenvalue weighted by atomic mass is 19.1. The van der Waals surface area contributed by atoms with Gasteiger partial charge in [-0.15, -0.1) is 0 Å². The van der Waals surface area contributed by atoms with E-state index in [1.807, 2.05) is 29.2 Å². The Hall–Kier alpha value is -5.06. The molecule has 4 aromatic rings. The highest BCUT2D eigenvalue weighted by molar-refractivity contribution is 5.87. The number of carbonyl (C=O) groups excluding carboxylic acids is 1. The van der Waals surface area contributed by atoms with Crippen LogP contribution in [0.3, 0.4) is 0 Å². The molecule has 1 amide bonds. The number of hydrogen-bond donors (Lipinski definition) is 2. The molecule has 198 valence electrons. The minimum Gasteiger partial charge on any atom is -0.497 e. The van der Waals surface area contributed by atoms with Crippen LogP contribution in [0.25, 0.3) is 11.1 Å². The number of benzene rings is 2. The van der Waals surface area contributed by atoms with Gasteiger partial charge in [-0.2, -0.15) is 4.98 Å². The fourth-order valence-corrected chi connectivity index (χ4v) is 4.04.